The van der Waals surface area contributed by atoms with Crippen LogP contribution in [0.15, 0.2) is 24.3 Å². The van der Waals surface area contributed by atoms with Gasteiger partial charge in [0.15, 0.2) is 0 Å². The highest BCUT2D eigenvalue weighted by molar-refractivity contribution is 6.49. The lowest BCUT2D eigenvalue weighted by molar-refractivity contribution is 1.47. The van der Waals surface area contributed by atoms with E-state index in [1.807, 2.05) is 37.2 Å². The highest BCUT2D eigenvalue weighted by Crippen LogP contribution is 2.06. The van der Waals surface area contributed by atoms with Crippen molar-refractivity contribution in [3.63, 3.8) is 0 Å². The molecule has 0 unspecified atom stereocenters. The Morgan fingerprint density at radius 3 is 2.55 bits per heavy atom. The number of benzene rings is 1. The van der Waals surface area contributed by atoms with Gasteiger partial charge in [-0.25, -0.2) is 5.97 Å². The van der Waals surface area contributed by atoms with Crippen molar-refractivity contribution in [2.75, 3.05) is 5.23 Å². The SMILES string of the molecule is Cc1ccc(N[B-]C#N)cc1. The van der Waals surface area contributed by atoms with Gasteiger partial charge in [-0.05, 0) is 24.7 Å². The first-order valence-corrected chi connectivity index (χ1v) is 3.37. The van der Waals surface area contributed by atoms with Crippen molar-refractivity contribution < 1.29 is 0 Å². The third-order valence-electron chi connectivity index (χ3n) is 1.35. The molecule has 1 aromatic rings. The summed E-state index contributed by atoms with van der Waals surface area (Å²) in [5.41, 5.74) is 2.16. The molecule has 1 N–H and O–H groups in total. The minimum Gasteiger partial charge on any atom is -0.605 e. The molecule has 0 saturated heterocycles. The van der Waals surface area contributed by atoms with E-state index < -0.39 is 0 Å². The fourth-order valence-corrected chi connectivity index (χ4v) is 0.765. The summed E-state index contributed by atoms with van der Waals surface area (Å²) in [6.07, 6.45) is 0. The van der Waals surface area contributed by atoms with Gasteiger partial charge in [0.1, 0.15) is 0 Å². The number of hydrogen-bond acceptors (Lipinski definition) is 2. The lowest BCUT2D eigenvalue weighted by Gasteiger charge is -2.11. The zero-order chi connectivity index (χ0) is 8.10. The largest absolute Gasteiger partial charge is 0.605 e. The second-order valence-electron chi connectivity index (χ2n) is 2.28. The van der Waals surface area contributed by atoms with Crippen molar-refractivity contribution in [3.8, 4) is 5.97 Å². The summed E-state index contributed by atoms with van der Waals surface area (Å²) in [7, 11) is 1.35. The Morgan fingerprint density at radius 1 is 1.36 bits per heavy atom. The molecule has 2 nitrogen and oxygen atoms in total. The van der Waals surface area contributed by atoms with Crippen molar-refractivity contribution >= 4 is 13.1 Å². The average Bonchev–Trinajstić information content (AvgIpc) is 2.04. The van der Waals surface area contributed by atoms with Gasteiger partial charge in [-0.15, -0.1) is 0 Å². The Kier molecular flexibility index (Phi) is 2.56. The molecule has 1 rings (SSSR count). The molecule has 0 aliphatic heterocycles. The van der Waals surface area contributed by atoms with Crippen LogP contribution in [0.25, 0.3) is 0 Å². The molecule has 0 atom stereocenters. The van der Waals surface area contributed by atoms with Crippen LogP contribution in [0.2, 0.25) is 0 Å². The standard InChI is InChI=1S/C8H8BN2/c1-7-2-4-8(5-3-7)11-9-6-10/h2-5,11H,1H3/q-1. The third kappa shape index (κ3) is 2.34. The lowest BCUT2D eigenvalue weighted by atomic mass is 9.98. The van der Waals surface area contributed by atoms with Crippen LogP contribution in [0.4, 0.5) is 5.69 Å². The Labute approximate surface area is 67.1 Å². The summed E-state index contributed by atoms with van der Waals surface area (Å²) in [6, 6.07) is 7.85. The van der Waals surface area contributed by atoms with Gasteiger partial charge < -0.3 is 5.23 Å². The van der Waals surface area contributed by atoms with Crippen molar-refractivity contribution in [1.29, 1.82) is 5.26 Å². The number of rotatable bonds is 2. The van der Waals surface area contributed by atoms with Crippen LogP contribution in [0, 0.1) is 18.2 Å². The summed E-state index contributed by atoms with van der Waals surface area (Å²) in [5, 5.41) is 11.0. The average molecular weight is 143 g/mol. The fourth-order valence-electron chi connectivity index (χ4n) is 0.765. The van der Waals surface area contributed by atoms with Gasteiger partial charge in [0, 0.05) is 0 Å². The maximum Gasteiger partial charge on any atom is -0.00977 e. The highest BCUT2D eigenvalue weighted by Gasteiger charge is 1.82. The molecule has 54 valence electrons. The maximum absolute atomic E-state index is 8.21. The number of nitriles is 1. The monoisotopic (exact) mass is 143 g/mol. The normalized spacial score (nSPS) is 8.73. The highest BCUT2D eigenvalue weighted by atomic mass is 14.8. The van der Waals surface area contributed by atoms with Crippen LogP contribution in [0.3, 0.4) is 0 Å². The molecule has 0 spiro atoms. The lowest BCUT2D eigenvalue weighted by Crippen LogP contribution is -2.02. The van der Waals surface area contributed by atoms with Crippen LogP contribution >= 0.6 is 0 Å². The van der Waals surface area contributed by atoms with Crippen molar-refractivity contribution in [3.05, 3.63) is 29.8 Å². The van der Waals surface area contributed by atoms with Crippen LogP contribution < -0.4 is 5.23 Å². The van der Waals surface area contributed by atoms with Crippen LogP contribution in [0.1, 0.15) is 5.56 Å². The topological polar surface area (TPSA) is 35.8 Å². The van der Waals surface area contributed by atoms with E-state index in [2.05, 4.69) is 5.23 Å². The van der Waals surface area contributed by atoms with Gasteiger partial charge in [0.2, 0.25) is 0 Å². The number of nitrogens with one attached hydrogen (secondary N) is 1. The van der Waals surface area contributed by atoms with Gasteiger partial charge >= 0.3 is 0 Å². The van der Waals surface area contributed by atoms with E-state index in [-0.39, 0.29) is 0 Å². The van der Waals surface area contributed by atoms with Gasteiger partial charge in [0.25, 0.3) is 0 Å². The Bertz CT molecular complexity index is 260. The first-order valence-electron chi connectivity index (χ1n) is 3.37. The Morgan fingerprint density at radius 2 is 2.00 bits per heavy atom. The van der Waals surface area contributed by atoms with E-state index in [1.54, 1.807) is 0 Å². The number of anilines is 1. The van der Waals surface area contributed by atoms with Gasteiger partial charge in [-0.2, -0.15) is 0 Å². The van der Waals surface area contributed by atoms with E-state index in [1.165, 1.54) is 13.0 Å². The smallest absolute Gasteiger partial charge is 0.00977 e. The second kappa shape index (κ2) is 3.67. The fraction of sp³-hybridized carbons (Fsp3) is 0.125. The summed E-state index contributed by atoms with van der Waals surface area (Å²) in [4.78, 5) is 0. The molecule has 2 radical (unpaired) electrons. The molecule has 0 aliphatic rings. The van der Waals surface area contributed by atoms with Crippen molar-refractivity contribution in [1.82, 2.24) is 0 Å². The molecular weight excluding hydrogens is 135 g/mol. The number of hydrogen-bond donors (Lipinski definition) is 1. The molecule has 0 aliphatic carbocycles. The van der Waals surface area contributed by atoms with Crippen LogP contribution in [0.5, 0.6) is 0 Å². The molecule has 0 fully saturated rings. The quantitative estimate of drug-likeness (QED) is 0.636. The Hall–Kier alpha value is -1.43. The maximum atomic E-state index is 8.21. The summed E-state index contributed by atoms with van der Waals surface area (Å²) >= 11 is 0. The molecule has 0 saturated carbocycles. The van der Waals surface area contributed by atoms with Gasteiger partial charge in [-0.3, -0.25) is 5.26 Å². The van der Waals surface area contributed by atoms with Gasteiger partial charge in [-0.1, -0.05) is 25.1 Å². The van der Waals surface area contributed by atoms with E-state index in [4.69, 9.17) is 5.26 Å². The number of nitrogens with zero attached hydrogens (tertiary/aromatic N) is 1. The molecule has 0 amide bonds. The Balaban J connectivity index is 2.60. The molecule has 1 aromatic carbocycles. The summed E-state index contributed by atoms with van der Waals surface area (Å²) in [6.45, 7) is 2.03. The molecule has 0 aromatic heterocycles. The zero-order valence-electron chi connectivity index (χ0n) is 6.33. The van der Waals surface area contributed by atoms with E-state index >= 15 is 0 Å². The summed E-state index contributed by atoms with van der Waals surface area (Å²) < 4.78 is 0. The van der Waals surface area contributed by atoms with E-state index in [0.29, 0.717) is 0 Å². The van der Waals surface area contributed by atoms with E-state index in [0.717, 1.165) is 5.69 Å². The first-order chi connectivity index (χ1) is 5.33. The molecule has 11 heavy (non-hydrogen) atoms. The molecule has 0 heterocycles. The number of aryl methyl sites for hydroxylation is 1. The first kappa shape index (κ1) is 7.68. The van der Waals surface area contributed by atoms with Gasteiger partial charge in [0.05, 0.1) is 0 Å². The van der Waals surface area contributed by atoms with Crippen molar-refractivity contribution in [2.45, 2.75) is 6.92 Å². The third-order valence-corrected chi connectivity index (χ3v) is 1.35. The molecular formula is C8H8BN2-. The van der Waals surface area contributed by atoms with Crippen LogP contribution in [-0.4, -0.2) is 7.41 Å². The minimum absolute atomic E-state index is 0.942. The zero-order valence-corrected chi connectivity index (χ0v) is 6.33. The molecule has 0 bridgehead atoms. The van der Waals surface area contributed by atoms with Crippen molar-refractivity contribution in [2.24, 2.45) is 0 Å². The predicted octanol–water partition coefficient (Wildman–Crippen LogP) is 1.51. The van der Waals surface area contributed by atoms with Crippen LogP contribution in [-0.2, 0) is 0 Å². The second-order valence-corrected chi connectivity index (χ2v) is 2.28. The van der Waals surface area contributed by atoms with E-state index in [9.17, 15) is 0 Å². The predicted molar refractivity (Wildman–Crippen MR) is 46.2 cm³/mol. The minimum atomic E-state index is 0.942. The summed E-state index contributed by atoms with van der Waals surface area (Å²) in [5.74, 6) is 1.89. The molecule has 3 heteroatoms.